The summed E-state index contributed by atoms with van der Waals surface area (Å²) in [6.45, 7) is 3.83. The molecular formula is C28H32N2O5. The van der Waals surface area contributed by atoms with Gasteiger partial charge in [0.1, 0.15) is 12.6 Å². The monoisotopic (exact) mass is 476 g/mol. The first-order valence-electron chi connectivity index (χ1n) is 12.2. The van der Waals surface area contributed by atoms with Gasteiger partial charge in [-0.05, 0) is 41.5 Å². The molecule has 2 amide bonds. The number of hydrogen-bond donors (Lipinski definition) is 3. The Bertz CT molecular complexity index is 1050. The molecule has 0 spiro atoms. The third-order valence-electron chi connectivity index (χ3n) is 7.02. The zero-order chi connectivity index (χ0) is 24.8. The van der Waals surface area contributed by atoms with Crippen molar-refractivity contribution in [2.24, 2.45) is 5.92 Å². The van der Waals surface area contributed by atoms with Crippen LogP contribution in [0.15, 0.2) is 61.2 Å². The molecule has 3 N–H and O–H groups in total. The van der Waals surface area contributed by atoms with Crippen LogP contribution in [0.3, 0.4) is 0 Å². The highest BCUT2D eigenvalue weighted by Crippen LogP contribution is 2.44. The van der Waals surface area contributed by atoms with Crippen molar-refractivity contribution in [3.63, 3.8) is 0 Å². The van der Waals surface area contributed by atoms with Crippen LogP contribution in [-0.2, 0) is 14.3 Å². The standard InChI is InChI=1S/C28H32N2O5/c1-2-10-25(26(31)29-24-16-5-3-4-15-22(24)27(32)33)30-28(34)35-17-23-20-13-8-6-11-18(20)19-12-7-9-14-21(19)23/h2,6-9,11-14,22-25H,1,3-5,10,15-17H2,(H,29,31)(H,30,34)(H,32,33)/t22-,24+,25?/m1/s1. The van der Waals surface area contributed by atoms with Crippen molar-refractivity contribution < 1.29 is 24.2 Å². The van der Waals surface area contributed by atoms with E-state index in [9.17, 15) is 19.5 Å². The van der Waals surface area contributed by atoms with Crippen molar-refractivity contribution in [1.29, 1.82) is 0 Å². The first-order valence-corrected chi connectivity index (χ1v) is 12.2. The molecule has 0 aliphatic heterocycles. The van der Waals surface area contributed by atoms with E-state index in [0.717, 1.165) is 41.5 Å². The predicted octanol–water partition coefficient (Wildman–Crippen LogP) is 4.62. The molecule has 1 unspecified atom stereocenters. The van der Waals surface area contributed by atoms with Crippen molar-refractivity contribution in [1.82, 2.24) is 10.6 Å². The van der Waals surface area contributed by atoms with E-state index in [1.807, 2.05) is 36.4 Å². The van der Waals surface area contributed by atoms with Gasteiger partial charge in [-0.25, -0.2) is 4.79 Å². The maximum Gasteiger partial charge on any atom is 0.407 e. The van der Waals surface area contributed by atoms with Gasteiger partial charge in [-0.3, -0.25) is 9.59 Å². The third kappa shape index (κ3) is 5.56. The molecule has 0 bridgehead atoms. The van der Waals surface area contributed by atoms with Gasteiger partial charge >= 0.3 is 12.1 Å². The lowest BCUT2D eigenvalue weighted by molar-refractivity contribution is -0.143. The number of carboxylic acid groups (broad SMARTS) is 1. The SMILES string of the molecule is C=CCC(NC(=O)OCC1c2ccccc2-c2ccccc21)C(=O)N[C@H]1CCCCC[C@H]1C(=O)O. The van der Waals surface area contributed by atoms with Crippen LogP contribution in [0.4, 0.5) is 4.79 Å². The van der Waals surface area contributed by atoms with Crippen molar-refractivity contribution in [3.05, 3.63) is 72.3 Å². The first kappa shape index (κ1) is 24.5. The van der Waals surface area contributed by atoms with E-state index in [-0.39, 0.29) is 18.9 Å². The Morgan fingerprint density at radius 2 is 1.63 bits per heavy atom. The van der Waals surface area contributed by atoms with Crippen LogP contribution in [-0.4, -0.2) is 41.8 Å². The van der Waals surface area contributed by atoms with Gasteiger partial charge in [0.2, 0.25) is 5.91 Å². The summed E-state index contributed by atoms with van der Waals surface area (Å²) in [5, 5.41) is 15.1. The van der Waals surface area contributed by atoms with E-state index in [1.165, 1.54) is 0 Å². The molecule has 2 aromatic carbocycles. The summed E-state index contributed by atoms with van der Waals surface area (Å²) >= 11 is 0. The average molecular weight is 477 g/mol. The number of amides is 2. The van der Waals surface area contributed by atoms with Crippen molar-refractivity contribution >= 4 is 18.0 Å². The lowest BCUT2D eigenvalue weighted by Gasteiger charge is -2.26. The van der Waals surface area contributed by atoms with Crippen molar-refractivity contribution in [2.75, 3.05) is 6.61 Å². The molecule has 3 atom stereocenters. The minimum Gasteiger partial charge on any atom is -0.481 e. The molecule has 35 heavy (non-hydrogen) atoms. The number of aliphatic carboxylic acids is 1. The average Bonchev–Trinajstić information content (AvgIpc) is 2.98. The second kappa shape index (κ2) is 11.2. The van der Waals surface area contributed by atoms with E-state index in [1.54, 1.807) is 6.08 Å². The van der Waals surface area contributed by atoms with Crippen LogP contribution in [0.2, 0.25) is 0 Å². The van der Waals surface area contributed by atoms with E-state index in [2.05, 4.69) is 29.3 Å². The summed E-state index contributed by atoms with van der Waals surface area (Å²) in [4.78, 5) is 37.4. The second-order valence-electron chi connectivity index (χ2n) is 9.24. The highest BCUT2D eigenvalue weighted by Gasteiger charge is 2.33. The van der Waals surface area contributed by atoms with Crippen LogP contribution in [0.1, 0.15) is 55.6 Å². The maximum absolute atomic E-state index is 13.0. The summed E-state index contributed by atoms with van der Waals surface area (Å²) in [6.07, 6.45) is 4.85. The van der Waals surface area contributed by atoms with Gasteiger partial charge < -0.3 is 20.5 Å². The predicted molar refractivity (Wildman–Crippen MR) is 133 cm³/mol. The van der Waals surface area contributed by atoms with Crippen LogP contribution >= 0.6 is 0 Å². The molecular weight excluding hydrogens is 444 g/mol. The Morgan fingerprint density at radius 1 is 1.00 bits per heavy atom. The molecule has 4 rings (SSSR count). The normalized spacial score (nSPS) is 20.0. The number of ether oxygens (including phenoxy) is 1. The number of nitrogens with one attached hydrogen (secondary N) is 2. The van der Waals surface area contributed by atoms with Crippen molar-refractivity contribution in [2.45, 2.75) is 56.5 Å². The highest BCUT2D eigenvalue weighted by molar-refractivity contribution is 5.86. The zero-order valence-corrected chi connectivity index (χ0v) is 19.7. The molecule has 2 aliphatic rings. The summed E-state index contributed by atoms with van der Waals surface area (Å²) in [5.41, 5.74) is 4.49. The number of fused-ring (bicyclic) bond motifs is 3. The van der Waals surface area contributed by atoms with E-state index >= 15 is 0 Å². The Labute approximate surface area is 205 Å². The Hall–Kier alpha value is -3.61. The van der Waals surface area contributed by atoms with Gasteiger partial charge in [-0.1, -0.05) is 73.9 Å². The molecule has 0 heterocycles. The quantitative estimate of drug-likeness (QED) is 0.381. The fourth-order valence-corrected chi connectivity index (χ4v) is 5.24. The number of alkyl carbamates (subject to hydrolysis) is 1. The van der Waals surface area contributed by atoms with E-state index < -0.39 is 36.0 Å². The molecule has 0 aromatic heterocycles. The number of carbonyl (C=O) groups is 3. The number of rotatable bonds is 8. The molecule has 2 aliphatic carbocycles. The van der Waals surface area contributed by atoms with Gasteiger partial charge in [0.05, 0.1) is 5.92 Å². The summed E-state index contributed by atoms with van der Waals surface area (Å²) in [5.74, 6) is -2.03. The lowest BCUT2D eigenvalue weighted by atomic mass is 9.94. The number of carboxylic acids is 1. The summed E-state index contributed by atoms with van der Waals surface area (Å²) < 4.78 is 5.58. The molecule has 0 radical (unpaired) electrons. The number of benzene rings is 2. The van der Waals surface area contributed by atoms with E-state index in [0.29, 0.717) is 12.8 Å². The van der Waals surface area contributed by atoms with Gasteiger partial charge in [-0.2, -0.15) is 0 Å². The van der Waals surface area contributed by atoms with Gasteiger partial charge in [0.15, 0.2) is 0 Å². The van der Waals surface area contributed by atoms with Crippen LogP contribution < -0.4 is 10.6 Å². The minimum atomic E-state index is -0.901. The van der Waals surface area contributed by atoms with Crippen LogP contribution in [0.5, 0.6) is 0 Å². The Kier molecular flexibility index (Phi) is 7.85. The molecule has 1 saturated carbocycles. The second-order valence-corrected chi connectivity index (χ2v) is 9.24. The largest absolute Gasteiger partial charge is 0.481 e. The number of carbonyl (C=O) groups excluding carboxylic acids is 2. The molecule has 1 fully saturated rings. The fourth-order valence-electron chi connectivity index (χ4n) is 5.24. The van der Waals surface area contributed by atoms with E-state index in [4.69, 9.17) is 4.74 Å². The minimum absolute atomic E-state index is 0.0813. The zero-order valence-electron chi connectivity index (χ0n) is 19.7. The molecule has 0 saturated heterocycles. The van der Waals surface area contributed by atoms with Crippen LogP contribution in [0, 0.1) is 5.92 Å². The Morgan fingerprint density at radius 3 is 2.26 bits per heavy atom. The fraction of sp³-hybridized carbons (Fsp3) is 0.393. The summed E-state index contributed by atoms with van der Waals surface area (Å²) in [7, 11) is 0. The molecule has 184 valence electrons. The number of hydrogen-bond acceptors (Lipinski definition) is 4. The molecule has 7 heteroatoms. The molecule has 2 aromatic rings. The Balaban J connectivity index is 1.39. The molecule has 7 nitrogen and oxygen atoms in total. The smallest absolute Gasteiger partial charge is 0.407 e. The topological polar surface area (TPSA) is 105 Å². The van der Waals surface area contributed by atoms with Crippen molar-refractivity contribution in [3.8, 4) is 11.1 Å². The van der Waals surface area contributed by atoms with Crippen LogP contribution in [0.25, 0.3) is 11.1 Å². The van der Waals surface area contributed by atoms with Gasteiger partial charge in [-0.15, -0.1) is 6.58 Å². The van der Waals surface area contributed by atoms with Gasteiger partial charge in [0, 0.05) is 12.0 Å². The lowest BCUT2D eigenvalue weighted by Crippen LogP contribution is -2.52. The van der Waals surface area contributed by atoms with Gasteiger partial charge in [0.25, 0.3) is 0 Å². The third-order valence-corrected chi connectivity index (χ3v) is 7.02. The maximum atomic E-state index is 13.0. The summed E-state index contributed by atoms with van der Waals surface area (Å²) in [6, 6.07) is 14.8. The highest BCUT2D eigenvalue weighted by atomic mass is 16.5. The first-order chi connectivity index (χ1) is 17.0.